The van der Waals surface area contributed by atoms with Gasteiger partial charge in [0.05, 0.1) is 19.1 Å². The minimum absolute atomic E-state index is 0.0410. The van der Waals surface area contributed by atoms with Gasteiger partial charge in [0.15, 0.2) is 0 Å². The van der Waals surface area contributed by atoms with Crippen molar-refractivity contribution in [1.82, 2.24) is 4.98 Å². The number of halogens is 1. The smallest absolute Gasteiger partial charge is 0.411 e. The summed E-state index contributed by atoms with van der Waals surface area (Å²) < 4.78 is 10.8. The SMILES string of the molecule is O=C(O)C[C@H]1CN(c2ccc(-c3cc(Cl)cc(NC(=O)OCc4ccccc4)c3)cn2)CCO1. The molecule has 0 unspecified atom stereocenters. The summed E-state index contributed by atoms with van der Waals surface area (Å²) >= 11 is 6.28. The second kappa shape index (κ2) is 11.0. The lowest BCUT2D eigenvalue weighted by Crippen LogP contribution is -2.43. The summed E-state index contributed by atoms with van der Waals surface area (Å²) in [6.07, 6.45) is 0.741. The first-order chi connectivity index (χ1) is 16.5. The van der Waals surface area contributed by atoms with Crippen molar-refractivity contribution in [2.24, 2.45) is 0 Å². The van der Waals surface area contributed by atoms with E-state index in [-0.39, 0.29) is 19.1 Å². The Kier molecular flexibility index (Phi) is 7.61. The van der Waals surface area contributed by atoms with E-state index in [2.05, 4.69) is 10.3 Å². The molecular formula is C25H24ClN3O5. The van der Waals surface area contributed by atoms with Gasteiger partial charge in [-0.05, 0) is 41.5 Å². The van der Waals surface area contributed by atoms with Crippen LogP contribution in [0.5, 0.6) is 0 Å². The number of aliphatic carboxylic acids is 1. The number of aromatic nitrogens is 1. The van der Waals surface area contributed by atoms with Crippen LogP contribution < -0.4 is 10.2 Å². The van der Waals surface area contributed by atoms with Gasteiger partial charge in [0, 0.05) is 35.6 Å². The quantitative estimate of drug-likeness (QED) is 0.498. The van der Waals surface area contributed by atoms with E-state index in [9.17, 15) is 9.59 Å². The van der Waals surface area contributed by atoms with Crippen LogP contribution >= 0.6 is 11.6 Å². The molecule has 4 rings (SSSR count). The fraction of sp³-hybridized carbons (Fsp3) is 0.240. The van der Waals surface area contributed by atoms with E-state index < -0.39 is 12.1 Å². The number of anilines is 2. The molecule has 2 aromatic carbocycles. The van der Waals surface area contributed by atoms with Crippen molar-refractivity contribution in [3.05, 3.63) is 77.4 Å². The van der Waals surface area contributed by atoms with Gasteiger partial charge >= 0.3 is 12.1 Å². The maximum atomic E-state index is 12.2. The number of rotatable bonds is 7. The topological polar surface area (TPSA) is 101 Å². The molecule has 1 atom stereocenters. The van der Waals surface area contributed by atoms with E-state index in [1.165, 1.54) is 0 Å². The maximum Gasteiger partial charge on any atom is 0.411 e. The van der Waals surface area contributed by atoms with Crippen LogP contribution in [-0.4, -0.2) is 48.0 Å². The van der Waals surface area contributed by atoms with E-state index in [1.807, 2.05) is 47.4 Å². The molecule has 3 aromatic rings. The van der Waals surface area contributed by atoms with Gasteiger partial charge in [-0.2, -0.15) is 0 Å². The molecule has 1 aromatic heterocycles. The molecule has 0 aliphatic carbocycles. The molecule has 1 amide bonds. The molecule has 9 heteroatoms. The third-order valence-corrected chi connectivity index (χ3v) is 5.52. The predicted octanol–water partition coefficient (Wildman–Crippen LogP) is 4.83. The first kappa shape index (κ1) is 23.5. The van der Waals surface area contributed by atoms with E-state index in [4.69, 9.17) is 26.2 Å². The number of amides is 1. The number of hydrogen-bond acceptors (Lipinski definition) is 6. The molecule has 0 radical (unpaired) electrons. The monoisotopic (exact) mass is 481 g/mol. The lowest BCUT2D eigenvalue weighted by Gasteiger charge is -2.33. The van der Waals surface area contributed by atoms with Gasteiger partial charge in [0.25, 0.3) is 0 Å². The number of carbonyl (C=O) groups excluding carboxylic acids is 1. The fourth-order valence-corrected chi connectivity index (χ4v) is 3.93. The number of morpholine rings is 1. The molecule has 1 fully saturated rings. The van der Waals surface area contributed by atoms with E-state index in [1.54, 1.807) is 24.4 Å². The normalized spacial score (nSPS) is 15.6. The van der Waals surface area contributed by atoms with Crippen LogP contribution in [0, 0.1) is 0 Å². The molecule has 0 saturated carbocycles. The number of carbonyl (C=O) groups is 2. The van der Waals surface area contributed by atoms with Gasteiger partial charge in [-0.1, -0.05) is 41.9 Å². The molecule has 1 aliphatic rings. The molecule has 1 aliphatic heterocycles. The predicted molar refractivity (Wildman–Crippen MR) is 129 cm³/mol. The minimum Gasteiger partial charge on any atom is -0.481 e. The summed E-state index contributed by atoms with van der Waals surface area (Å²) in [4.78, 5) is 29.7. The van der Waals surface area contributed by atoms with Crippen molar-refractivity contribution in [3.63, 3.8) is 0 Å². The van der Waals surface area contributed by atoms with Crippen LogP contribution in [0.1, 0.15) is 12.0 Å². The Morgan fingerprint density at radius 1 is 1.15 bits per heavy atom. The summed E-state index contributed by atoms with van der Waals surface area (Å²) in [5.74, 6) is -0.142. The highest BCUT2D eigenvalue weighted by Crippen LogP contribution is 2.28. The number of pyridine rings is 1. The van der Waals surface area contributed by atoms with E-state index in [0.29, 0.717) is 30.4 Å². The Hall–Kier alpha value is -3.62. The highest BCUT2D eigenvalue weighted by molar-refractivity contribution is 6.31. The zero-order valence-electron chi connectivity index (χ0n) is 18.3. The number of nitrogens with zero attached hydrogens (tertiary/aromatic N) is 2. The van der Waals surface area contributed by atoms with Gasteiger partial charge < -0.3 is 19.5 Å². The lowest BCUT2D eigenvalue weighted by molar-refractivity contribution is -0.140. The van der Waals surface area contributed by atoms with Crippen LogP contribution in [0.15, 0.2) is 66.9 Å². The number of hydrogen-bond donors (Lipinski definition) is 2. The molecular weight excluding hydrogens is 458 g/mol. The van der Waals surface area contributed by atoms with Crippen molar-refractivity contribution >= 4 is 35.2 Å². The number of carboxylic acid groups (broad SMARTS) is 1. The van der Waals surface area contributed by atoms with Crippen LogP contribution in [0.25, 0.3) is 11.1 Å². The average molecular weight is 482 g/mol. The standard InChI is InChI=1S/C25H24ClN3O5/c26-20-10-19(11-21(12-20)28-25(32)34-16-17-4-2-1-3-5-17)18-6-7-23(27-14-18)29-8-9-33-22(15-29)13-24(30)31/h1-7,10-12,14,22H,8-9,13,15-16H2,(H,28,32)(H,30,31)/t22-/m0/s1. The summed E-state index contributed by atoms with van der Waals surface area (Å²) in [5, 5.41) is 12.2. The number of carboxylic acids is 1. The Labute approximate surface area is 202 Å². The van der Waals surface area contributed by atoms with Crippen LogP contribution in [0.3, 0.4) is 0 Å². The fourth-order valence-electron chi connectivity index (χ4n) is 3.70. The first-order valence-corrected chi connectivity index (χ1v) is 11.2. The maximum absolute atomic E-state index is 12.2. The van der Waals surface area contributed by atoms with Crippen molar-refractivity contribution in [1.29, 1.82) is 0 Å². The molecule has 1 saturated heterocycles. The summed E-state index contributed by atoms with van der Waals surface area (Å²) in [6, 6.07) is 18.4. The zero-order chi connectivity index (χ0) is 23.9. The number of nitrogens with one attached hydrogen (secondary N) is 1. The van der Waals surface area contributed by atoms with Gasteiger partial charge in [0.1, 0.15) is 12.4 Å². The highest BCUT2D eigenvalue weighted by Gasteiger charge is 2.23. The molecule has 2 N–H and O–H groups in total. The Morgan fingerprint density at radius 3 is 2.71 bits per heavy atom. The summed E-state index contributed by atoms with van der Waals surface area (Å²) in [5.41, 5.74) is 3.01. The largest absolute Gasteiger partial charge is 0.481 e. The molecule has 0 bridgehead atoms. The van der Waals surface area contributed by atoms with Crippen molar-refractivity contribution in [2.45, 2.75) is 19.1 Å². The van der Waals surface area contributed by atoms with Crippen molar-refractivity contribution in [2.75, 3.05) is 29.9 Å². The minimum atomic E-state index is -0.885. The molecule has 2 heterocycles. The average Bonchev–Trinajstić information content (AvgIpc) is 2.83. The Bertz CT molecular complexity index is 1140. The summed E-state index contributed by atoms with van der Waals surface area (Å²) in [7, 11) is 0. The van der Waals surface area contributed by atoms with Crippen LogP contribution in [-0.2, 0) is 20.9 Å². The van der Waals surface area contributed by atoms with E-state index >= 15 is 0 Å². The van der Waals surface area contributed by atoms with Crippen molar-refractivity contribution in [3.8, 4) is 11.1 Å². The lowest BCUT2D eigenvalue weighted by atomic mass is 10.1. The Morgan fingerprint density at radius 2 is 1.97 bits per heavy atom. The second-order valence-electron chi connectivity index (χ2n) is 7.86. The molecule has 0 spiro atoms. The summed E-state index contributed by atoms with van der Waals surface area (Å²) in [6.45, 7) is 1.72. The highest BCUT2D eigenvalue weighted by atomic mass is 35.5. The number of ether oxygens (including phenoxy) is 2. The number of benzene rings is 2. The molecule has 34 heavy (non-hydrogen) atoms. The zero-order valence-corrected chi connectivity index (χ0v) is 19.1. The first-order valence-electron chi connectivity index (χ1n) is 10.8. The van der Waals surface area contributed by atoms with Gasteiger partial charge in [-0.25, -0.2) is 9.78 Å². The van der Waals surface area contributed by atoms with E-state index in [0.717, 1.165) is 22.5 Å². The van der Waals surface area contributed by atoms with Gasteiger partial charge in [-0.3, -0.25) is 10.1 Å². The van der Waals surface area contributed by atoms with Gasteiger partial charge in [0.2, 0.25) is 0 Å². The third kappa shape index (κ3) is 6.46. The Balaban J connectivity index is 1.41. The third-order valence-electron chi connectivity index (χ3n) is 5.30. The molecule has 8 nitrogen and oxygen atoms in total. The molecule has 176 valence electrons. The van der Waals surface area contributed by atoms with Crippen LogP contribution in [0.2, 0.25) is 5.02 Å². The van der Waals surface area contributed by atoms with Gasteiger partial charge in [-0.15, -0.1) is 0 Å². The second-order valence-corrected chi connectivity index (χ2v) is 8.29. The van der Waals surface area contributed by atoms with Crippen molar-refractivity contribution < 1.29 is 24.2 Å². The van der Waals surface area contributed by atoms with Crippen LogP contribution in [0.4, 0.5) is 16.3 Å².